The van der Waals surface area contributed by atoms with E-state index in [1.54, 1.807) is 20.2 Å². The van der Waals surface area contributed by atoms with E-state index in [2.05, 4.69) is 15.6 Å². The molecule has 0 radical (unpaired) electrons. The van der Waals surface area contributed by atoms with Crippen LogP contribution in [0.2, 0.25) is 0 Å². The van der Waals surface area contributed by atoms with E-state index in [4.69, 9.17) is 4.74 Å². The van der Waals surface area contributed by atoms with Crippen molar-refractivity contribution in [2.24, 2.45) is 0 Å². The highest BCUT2D eigenvalue weighted by Crippen LogP contribution is 2.26. The number of hydrogen-bond donors (Lipinski definition) is 2. The summed E-state index contributed by atoms with van der Waals surface area (Å²) >= 11 is 0. The Morgan fingerprint density at radius 3 is 2.85 bits per heavy atom. The van der Waals surface area contributed by atoms with Gasteiger partial charge in [-0.1, -0.05) is 12.1 Å². The lowest BCUT2D eigenvalue weighted by Gasteiger charge is -2.26. The van der Waals surface area contributed by atoms with E-state index in [9.17, 15) is 9.59 Å². The Morgan fingerprint density at radius 2 is 2.12 bits per heavy atom. The van der Waals surface area contributed by atoms with Crippen LogP contribution in [0.4, 0.5) is 11.5 Å². The van der Waals surface area contributed by atoms with Gasteiger partial charge in [-0.15, -0.1) is 0 Å². The smallest absolute Gasteiger partial charge is 0.252 e. The molecule has 1 aromatic carbocycles. The molecule has 0 saturated heterocycles. The van der Waals surface area contributed by atoms with Gasteiger partial charge in [0.05, 0.1) is 24.9 Å². The van der Waals surface area contributed by atoms with Crippen LogP contribution in [0.1, 0.15) is 22.3 Å². The number of ether oxygens (including phenoxy) is 1. The second-order valence-corrected chi connectivity index (χ2v) is 6.11. The largest absolute Gasteiger partial charge is 0.497 e. The van der Waals surface area contributed by atoms with E-state index < -0.39 is 0 Å². The summed E-state index contributed by atoms with van der Waals surface area (Å²) in [5.74, 6) is 1.20. The molecule has 0 aliphatic carbocycles. The van der Waals surface area contributed by atoms with Crippen molar-refractivity contribution < 1.29 is 14.3 Å². The fourth-order valence-electron chi connectivity index (χ4n) is 2.77. The molecule has 0 saturated carbocycles. The quantitative estimate of drug-likeness (QED) is 0.774. The number of aromatic nitrogens is 1. The van der Waals surface area contributed by atoms with Crippen LogP contribution in [0.3, 0.4) is 0 Å². The van der Waals surface area contributed by atoms with Gasteiger partial charge in [-0.25, -0.2) is 4.98 Å². The number of carbonyl (C=O) groups excluding carboxylic acids is 2. The minimum atomic E-state index is -0.193. The standard InChI is InChI=1S/C19H22N4O3/c1-23-16-10-14(11-21-18(16)22-12-17(23)24)19(25)20-9-3-4-13-5-7-15(26-2)8-6-13/h5-8,10-11H,3-4,9,12H2,1-2H3,(H,20,25)(H,21,22). The number of hydrogen-bond acceptors (Lipinski definition) is 5. The van der Waals surface area contributed by atoms with Crippen LogP contribution in [0, 0.1) is 0 Å². The molecule has 0 unspecified atom stereocenters. The predicted molar refractivity (Wildman–Crippen MR) is 99.8 cm³/mol. The molecule has 0 spiro atoms. The third kappa shape index (κ3) is 3.93. The van der Waals surface area contributed by atoms with Gasteiger partial charge in [0.25, 0.3) is 5.91 Å². The SMILES string of the molecule is COc1ccc(CCCNC(=O)c2cnc3c(c2)N(C)C(=O)CN3)cc1. The fraction of sp³-hybridized carbons (Fsp3) is 0.316. The zero-order chi connectivity index (χ0) is 18.5. The van der Waals surface area contributed by atoms with Crippen LogP contribution in [0.5, 0.6) is 5.75 Å². The topological polar surface area (TPSA) is 83.6 Å². The van der Waals surface area contributed by atoms with E-state index in [0.717, 1.165) is 18.6 Å². The summed E-state index contributed by atoms with van der Waals surface area (Å²) in [5, 5.41) is 5.84. The molecule has 0 fully saturated rings. The summed E-state index contributed by atoms with van der Waals surface area (Å²) in [6, 6.07) is 9.59. The van der Waals surface area contributed by atoms with Gasteiger partial charge < -0.3 is 20.3 Å². The Balaban J connectivity index is 1.53. The average Bonchev–Trinajstić information content (AvgIpc) is 2.68. The van der Waals surface area contributed by atoms with Crippen molar-refractivity contribution in [2.75, 3.05) is 37.5 Å². The Hall–Kier alpha value is -3.09. The molecule has 2 amide bonds. The predicted octanol–water partition coefficient (Wildman–Crippen LogP) is 1.84. The number of amides is 2. The summed E-state index contributed by atoms with van der Waals surface area (Å²) in [7, 11) is 3.32. The number of pyridine rings is 1. The number of nitrogens with zero attached hydrogens (tertiary/aromatic N) is 2. The highest BCUT2D eigenvalue weighted by Gasteiger charge is 2.22. The maximum absolute atomic E-state index is 12.3. The molecule has 0 atom stereocenters. The van der Waals surface area contributed by atoms with Crippen LogP contribution in [0.25, 0.3) is 0 Å². The Labute approximate surface area is 152 Å². The number of rotatable bonds is 6. The fourth-order valence-corrected chi connectivity index (χ4v) is 2.77. The van der Waals surface area contributed by atoms with Gasteiger partial charge in [0.15, 0.2) is 0 Å². The number of anilines is 2. The molecule has 2 heterocycles. The third-order valence-electron chi connectivity index (χ3n) is 4.36. The van der Waals surface area contributed by atoms with Gasteiger partial charge in [-0.2, -0.15) is 0 Å². The lowest BCUT2D eigenvalue weighted by Crippen LogP contribution is -2.37. The van der Waals surface area contributed by atoms with E-state index in [0.29, 0.717) is 23.6 Å². The molecule has 0 bridgehead atoms. The minimum Gasteiger partial charge on any atom is -0.497 e. The first-order valence-corrected chi connectivity index (χ1v) is 8.50. The Morgan fingerprint density at radius 1 is 1.35 bits per heavy atom. The summed E-state index contributed by atoms with van der Waals surface area (Å²) in [5.41, 5.74) is 2.25. The molecular formula is C19H22N4O3. The van der Waals surface area contributed by atoms with Gasteiger partial charge in [0, 0.05) is 19.8 Å². The first-order chi connectivity index (χ1) is 12.6. The molecule has 2 N–H and O–H groups in total. The second-order valence-electron chi connectivity index (χ2n) is 6.11. The maximum atomic E-state index is 12.3. The molecule has 3 rings (SSSR count). The van der Waals surface area contributed by atoms with Crippen molar-refractivity contribution in [1.82, 2.24) is 10.3 Å². The first kappa shape index (κ1) is 17.7. The molecular weight excluding hydrogens is 332 g/mol. The molecule has 7 heteroatoms. The molecule has 1 aromatic heterocycles. The van der Waals surface area contributed by atoms with Crippen LogP contribution in [-0.2, 0) is 11.2 Å². The van der Waals surface area contributed by atoms with Crippen LogP contribution in [0.15, 0.2) is 36.5 Å². The van der Waals surface area contributed by atoms with E-state index in [1.165, 1.54) is 16.7 Å². The molecule has 136 valence electrons. The van der Waals surface area contributed by atoms with Crippen molar-refractivity contribution in [3.05, 3.63) is 47.7 Å². The number of likely N-dealkylation sites (N-methyl/N-ethyl adjacent to an activating group) is 1. The van der Waals surface area contributed by atoms with Gasteiger partial charge in [-0.3, -0.25) is 9.59 Å². The summed E-state index contributed by atoms with van der Waals surface area (Å²) in [4.78, 5) is 29.8. The van der Waals surface area contributed by atoms with Gasteiger partial charge in [0.1, 0.15) is 11.6 Å². The number of fused-ring (bicyclic) bond motifs is 1. The maximum Gasteiger partial charge on any atom is 0.252 e. The Bertz CT molecular complexity index is 805. The normalized spacial score (nSPS) is 13.0. The molecule has 26 heavy (non-hydrogen) atoms. The lowest BCUT2D eigenvalue weighted by molar-refractivity contribution is -0.116. The summed E-state index contributed by atoms with van der Waals surface area (Å²) in [6.45, 7) is 0.780. The molecule has 1 aliphatic heterocycles. The second kappa shape index (κ2) is 7.86. The monoisotopic (exact) mass is 354 g/mol. The number of nitrogens with one attached hydrogen (secondary N) is 2. The number of aryl methyl sites for hydroxylation is 1. The first-order valence-electron chi connectivity index (χ1n) is 8.50. The zero-order valence-electron chi connectivity index (χ0n) is 14.9. The van der Waals surface area contributed by atoms with Crippen LogP contribution < -0.4 is 20.3 Å². The van der Waals surface area contributed by atoms with Crippen LogP contribution in [-0.4, -0.2) is 44.0 Å². The van der Waals surface area contributed by atoms with Crippen molar-refractivity contribution in [1.29, 1.82) is 0 Å². The van der Waals surface area contributed by atoms with E-state index in [-0.39, 0.29) is 18.4 Å². The van der Waals surface area contributed by atoms with Crippen molar-refractivity contribution in [3.63, 3.8) is 0 Å². The number of methoxy groups -OCH3 is 1. The number of carbonyl (C=O) groups is 2. The summed E-state index contributed by atoms with van der Waals surface area (Å²) in [6.07, 6.45) is 3.22. The van der Waals surface area contributed by atoms with E-state index >= 15 is 0 Å². The van der Waals surface area contributed by atoms with Crippen molar-refractivity contribution in [2.45, 2.75) is 12.8 Å². The van der Waals surface area contributed by atoms with Gasteiger partial charge >= 0.3 is 0 Å². The van der Waals surface area contributed by atoms with E-state index in [1.807, 2.05) is 24.3 Å². The molecule has 7 nitrogen and oxygen atoms in total. The van der Waals surface area contributed by atoms with Gasteiger partial charge in [-0.05, 0) is 36.6 Å². The van der Waals surface area contributed by atoms with Gasteiger partial charge in [0.2, 0.25) is 5.91 Å². The van der Waals surface area contributed by atoms with Crippen molar-refractivity contribution in [3.8, 4) is 5.75 Å². The third-order valence-corrected chi connectivity index (χ3v) is 4.36. The Kier molecular flexibility index (Phi) is 5.36. The minimum absolute atomic E-state index is 0.0589. The van der Waals surface area contributed by atoms with Crippen molar-refractivity contribution >= 4 is 23.3 Å². The summed E-state index contributed by atoms with van der Waals surface area (Å²) < 4.78 is 5.14. The lowest BCUT2D eigenvalue weighted by atomic mass is 10.1. The highest BCUT2D eigenvalue weighted by molar-refractivity contribution is 6.03. The van der Waals surface area contributed by atoms with Crippen LogP contribution >= 0.6 is 0 Å². The molecule has 2 aromatic rings. The zero-order valence-corrected chi connectivity index (χ0v) is 14.9. The number of benzene rings is 1. The molecule has 1 aliphatic rings. The highest BCUT2D eigenvalue weighted by atomic mass is 16.5. The average molecular weight is 354 g/mol.